The highest BCUT2D eigenvalue weighted by atomic mass is 35.5. The van der Waals surface area contributed by atoms with Gasteiger partial charge in [-0.15, -0.1) is 0 Å². The third-order valence-corrected chi connectivity index (χ3v) is 6.44. The summed E-state index contributed by atoms with van der Waals surface area (Å²) < 4.78 is 16.5. The zero-order valence-electron chi connectivity index (χ0n) is 20.8. The van der Waals surface area contributed by atoms with E-state index in [0.717, 1.165) is 21.9 Å². The van der Waals surface area contributed by atoms with Crippen LogP contribution < -0.4 is 19.5 Å². The van der Waals surface area contributed by atoms with Gasteiger partial charge in [-0.25, -0.2) is 0 Å². The number of hydrogen-bond acceptors (Lipinski definition) is 5. The second-order valence-corrected chi connectivity index (χ2v) is 9.09. The van der Waals surface area contributed by atoms with E-state index in [1.807, 2.05) is 48.5 Å². The Morgan fingerprint density at radius 1 is 0.947 bits per heavy atom. The van der Waals surface area contributed by atoms with Gasteiger partial charge in [-0.3, -0.25) is 4.79 Å². The highest BCUT2D eigenvalue weighted by Crippen LogP contribution is 2.36. The molecule has 0 spiro atoms. The molecule has 0 radical (unpaired) electrons. The monoisotopic (exact) mass is 546 g/mol. The number of carbonyl (C=O) groups is 1. The van der Waals surface area contributed by atoms with Crippen molar-refractivity contribution in [3.63, 3.8) is 0 Å². The fourth-order valence-electron chi connectivity index (χ4n) is 3.95. The van der Waals surface area contributed by atoms with E-state index in [-0.39, 0.29) is 28.8 Å². The Labute approximate surface area is 231 Å². The number of amides is 1. The molecule has 0 saturated heterocycles. The lowest BCUT2D eigenvalue weighted by Crippen LogP contribution is -2.24. The molecular weight excluding hydrogens is 523 g/mol. The first-order chi connectivity index (χ1) is 18.4. The number of carbonyl (C=O) groups excluding carboxylic acids is 1. The number of nitrogens with one attached hydrogen (secondary N) is 1. The van der Waals surface area contributed by atoms with E-state index in [4.69, 9.17) is 37.4 Å². The predicted octanol–water partition coefficient (Wildman–Crippen LogP) is 6.97. The van der Waals surface area contributed by atoms with E-state index in [1.165, 1.54) is 13.2 Å². The molecule has 4 aromatic carbocycles. The summed E-state index contributed by atoms with van der Waals surface area (Å²) in [4.78, 5) is 12.7. The van der Waals surface area contributed by atoms with Crippen molar-refractivity contribution < 1.29 is 19.0 Å². The van der Waals surface area contributed by atoms with E-state index < -0.39 is 5.91 Å². The fourth-order valence-corrected chi connectivity index (χ4v) is 4.57. The van der Waals surface area contributed by atoms with E-state index in [9.17, 15) is 10.1 Å². The summed E-state index contributed by atoms with van der Waals surface area (Å²) >= 11 is 13.0. The van der Waals surface area contributed by atoms with E-state index in [1.54, 1.807) is 37.4 Å². The van der Waals surface area contributed by atoms with Crippen LogP contribution in [0.25, 0.3) is 16.8 Å². The molecule has 1 N–H and O–H groups in total. The lowest BCUT2D eigenvalue weighted by Gasteiger charge is -2.13. The highest BCUT2D eigenvalue weighted by Gasteiger charge is 2.14. The number of nitriles is 1. The summed E-state index contributed by atoms with van der Waals surface area (Å²) in [7, 11) is 3.09. The average molecular weight is 547 g/mol. The Hall–Kier alpha value is -4.18. The maximum absolute atomic E-state index is 12.7. The second-order valence-electron chi connectivity index (χ2n) is 8.27. The van der Waals surface area contributed by atoms with Crippen LogP contribution in [0.1, 0.15) is 16.7 Å². The zero-order valence-corrected chi connectivity index (χ0v) is 22.3. The maximum atomic E-state index is 12.7. The van der Waals surface area contributed by atoms with E-state index in [0.29, 0.717) is 22.8 Å². The average Bonchev–Trinajstić information content (AvgIpc) is 2.94. The molecule has 0 aliphatic rings. The van der Waals surface area contributed by atoms with Crippen LogP contribution in [0.4, 0.5) is 0 Å². The van der Waals surface area contributed by atoms with E-state index in [2.05, 4.69) is 5.32 Å². The molecule has 0 aromatic heterocycles. The molecule has 1 amide bonds. The van der Waals surface area contributed by atoms with Gasteiger partial charge in [-0.1, -0.05) is 65.7 Å². The Morgan fingerprint density at radius 3 is 2.39 bits per heavy atom. The number of methoxy groups -OCH3 is 2. The van der Waals surface area contributed by atoms with Gasteiger partial charge in [0.25, 0.3) is 5.91 Å². The number of rotatable bonds is 9. The number of nitrogens with zero attached hydrogens (tertiary/aromatic N) is 1. The Kier molecular flexibility index (Phi) is 8.75. The normalized spacial score (nSPS) is 11.1. The van der Waals surface area contributed by atoms with Gasteiger partial charge >= 0.3 is 0 Å². The molecule has 0 bridgehead atoms. The third kappa shape index (κ3) is 6.20. The number of halogens is 2. The number of hydrogen-bond donors (Lipinski definition) is 1. The molecule has 0 saturated carbocycles. The van der Waals surface area contributed by atoms with Gasteiger partial charge in [0.1, 0.15) is 29.7 Å². The minimum Gasteiger partial charge on any atom is -0.497 e. The molecule has 38 heavy (non-hydrogen) atoms. The molecule has 0 heterocycles. The topological polar surface area (TPSA) is 80.6 Å². The van der Waals surface area contributed by atoms with Crippen molar-refractivity contribution in [1.82, 2.24) is 5.32 Å². The fraction of sp³-hybridized carbons (Fsp3) is 0.133. The van der Waals surface area contributed by atoms with Crippen molar-refractivity contribution in [2.45, 2.75) is 13.2 Å². The van der Waals surface area contributed by atoms with Gasteiger partial charge in [0.15, 0.2) is 5.75 Å². The van der Waals surface area contributed by atoms with Crippen molar-refractivity contribution >= 4 is 46.0 Å². The van der Waals surface area contributed by atoms with Gasteiger partial charge in [-0.05, 0) is 52.2 Å². The predicted molar refractivity (Wildman–Crippen MR) is 150 cm³/mol. The van der Waals surface area contributed by atoms with Crippen LogP contribution in [0, 0.1) is 11.3 Å². The summed E-state index contributed by atoms with van der Waals surface area (Å²) in [6.45, 7) is 0.435. The quantitative estimate of drug-likeness (QED) is 0.181. The minimum absolute atomic E-state index is 0.103. The smallest absolute Gasteiger partial charge is 0.262 e. The summed E-state index contributed by atoms with van der Waals surface area (Å²) in [5, 5.41) is 15.1. The van der Waals surface area contributed by atoms with Gasteiger partial charge in [0.2, 0.25) is 0 Å². The van der Waals surface area contributed by atoms with Crippen LogP contribution in [0.5, 0.6) is 17.2 Å². The first-order valence-corrected chi connectivity index (χ1v) is 12.4. The second kappa shape index (κ2) is 12.4. The van der Waals surface area contributed by atoms with E-state index >= 15 is 0 Å². The highest BCUT2D eigenvalue weighted by molar-refractivity contribution is 6.37. The first-order valence-electron chi connectivity index (χ1n) is 11.6. The van der Waals surface area contributed by atoms with Crippen LogP contribution >= 0.6 is 23.2 Å². The van der Waals surface area contributed by atoms with Gasteiger partial charge in [0, 0.05) is 18.2 Å². The van der Waals surface area contributed by atoms with Crippen LogP contribution in [0.15, 0.2) is 78.4 Å². The van der Waals surface area contributed by atoms with Crippen molar-refractivity contribution in [1.29, 1.82) is 5.26 Å². The van der Waals surface area contributed by atoms with Crippen LogP contribution in [0.3, 0.4) is 0 Å². The number of benzene rings is 4. The molecule has 4 aromatic rings. The van der Waals surface area contributed by atoms with Crippen LogP contribution in [0.2, 0.25) is 10.0 Å². The van der Waals surface area contributed by atoms with Gasteiger partial charge in [0.05, 0.1) is 24.3 Å². The molecule has 0 aliphatic carbocycles. The van der Waals surface area contributed by atoms with Crippen molar-refractivity contribution in [2.75, 3.05) is 14.2 Å². The molecular formula is C30H24Cl2N2O4. The molecule has 0 atom stereocenters. The summed E-state index contributed by atoms with van der Waals surface area (Å²) in [6.07, 6.45) is 1.42. The summed E-state index contributed by atoms with van der Waals surface area (Å²) in [6, 6.07) is 24.4. The van der Waals surface area contributed by atoms with Gasteiger partial charge < -0.3 is 19.5 Å². The maximum Gasteiger partial charge on any atom is 0.262 e. The molecule has 6 nitrogen and oxygen atoms in total. The summed E-state index contributed by atoms with van der Waals surface area (Å²) in [5.74, 6) is 0.972. The largest absolute Gasteiger partial charge is 0.497 e. The van der Waals surface area contributed by atoms with Crippen LogP contribution in [-0.4, -0.2) is 20.1 Å². The lowest BCUT2D eigenvalue weighted by atomic mass is 10.1. The number of fused-ring (bicyclic) bond motifs is 1. The molecule has 0 unspecified atom stereocenters. The standard InChI is InChI=1S/C30H24Cl2N2O4/c1-36-24-11-10-21(28(15-24)37-2)17-34-30(35)23(16-33)12-19-13-26(31)29(27(32)14-19)38-18-22-8-5-7-20-6-3-4-9-25(20)22/h3-15H,17-18H2,1-2H3,(H,34,35)/b23-12+. The molecule has 0 fully saturated rings. The van der Waals surface area contributed by atoms with Crippen molar-refractivity contribution in [3.8, 4) is 23.3 Å². The Balaban J connectivity index is 1.48. The van der Waals surface area contributed by atoms with Gasteiger partial charge in [-0.2, -0.15) is 5.26 Å². The third-order valence-electron chi connectivity index (χ3n) is 5.88. The number of ether oxygens (including phenoxy) is 3. The molecule has 8 heteroatoms. The minimum atomic E-state index is -0.547. The molecule has 192 valence electrons. The zero-order chi connectivity index (χ0) is 27.1. The Bertz CT molecular complexity index is 1530. The summed E-state index contributed by atoms with van der Waals surface area (Å²) in [5.41, 5.74) is 2.12. The SMILES string of the molecule is COc1ccc(CNC(=O)/C(C#N)=C/c2cc(Cl)c(OCc3cccc4ccccc34)c(Cl)c2)c(OC)c1. The molecule has 4 rings (SSSR count). The molecule has 0 aliphatic heterocycles. The lowest BCUT2D eigenvalue weighted by molar-refractivity contribution is -0.117. The first kappa shape index (κ1) is 26.9. The van der Waals surface area contributed by atoms with Crippen molar-refractivity contribution in [2.24, 2.45) is 0 Å². The Morgan fingerprint density at radius 2 is 1.68 bits per heavy atom. The van der Waals surface area contributed by atoms with Crippen LogP contribution in [-0.2, 0) is 17.9 Å². The van der Waals surface area contributed by atoms with Crippen molar-refractivity contribution in [3.05, 3.63) is 105 Å².